The Morgan fingerprint density at radius 2 is 1.96 bits per heavy atom. The molecule has 1 aromatic rings. The van der Waals surface area contributed by atoms with Crippen LogP contribution in [0.3, 0.4) is 0 Å². The van der Waals surface area contributed by atoms with E-state index in [4.69, 9.17) is 22.7 Å². The molecule has 0 bridgehead atoms. The van der Waals surface area contributed by atoms with Crippen molar-refractivity contribution in [2.24, 2.45) is 5.73 Å². The maximum absolute atomic E-state index is 12.7. The number of hydrogen-bond donors (Lipinski definition) is 1. The molecule has 1 aliphatic carbocycles. The van der Waals surface area contributed by atoms with Gasteiger partial charge in [-0.2, -0.15) is 0 Å². The summed E-state index contributed by atoms with van der Waals surface area (Å²) in [4.78, 5) is 25.9. The van der Waals surface area contributed by atoms with Gasteiger partial charge in [-0.3, -0.25) is 14.5 Å². The standard InChI is InChI=1S/C18H20N2O3S2/c19-16(21)11-23-14-8-6-12(7-9-14)10-15-17(22)20(18(24)25-15)13-4-2-1-3-5-13/h6-10,13H,1-5,11H2,(H2,19,21). The number of amides is 2. The van der Waals surface area contributed by atoms with Gasteiger partial charge in [0.1, 0.15) is 10.1 Å². The van der Waals surface area contributed by atoms with Crippen LogP contribution in [0, 0.1) is 0 Å². The molecule has 0 unspecified atom stereocenters. The van der Waals surface area contributed by atoms with Gasteiger partial charge < -0.3 is 10.5 Å². The minimum atomic E-state index is -0.518. The van der Waals surface area contributed by atoms with Gasteiger partial charge in [0, 0.05) is 6.04 Å². The van der Waals surface area contributed by atoms with Gasteiger partial charge in [0.2, 0.25) is 0 Å². The highest BCUT2D eigenvalue weighted by molar-refractivity contribution is 8.26. The van der Waals surface area contributed by atoms with Crippen LogP contribution in [0.1, 0.15) is 37.7 Å². The second-order valence-electron chi connectivity index (χ2n) is 6.17. The van der Waals surface area contributed by atoms with Crippen molar-refractivity contribution in [1.82, 2.24) is 4.90 Å². The van der Waals surface area contributed by atoms with Crippen molar-refractivity contribution in [2.45, 2.75) is 38.1 Å². The molecule has 25 heavy (non-hydrogen) atoms. The fourth-order valence-corrected chi connectivity index (χ4v) is 4.50. The number of nitrogens with zero attached hydrogens (tertiary/aromatic N) is 1. The van der Waals surface area contributed by atoms with Crippen molar-refractivity contribution in [2.75, 3.05) is 6.61 Å². The molecule has 5 nitrogen and oxygen atoms in total. The van der Waals surface area contributed by atoms with Gasteiger partial charge in [-0.05, 0) is 36.6 Å². The van der Waals surface area contributed by atoms with E-state index in [9.17, 15) is 9.59 Å². The molecule has 1 aliphatic heterocycles. The summed E-state index contributed by atoms with van der Waals surface area (Å²) in [5.74, 6) is 0.0529. The molecule has 132 valence electrons. The predicted molar refractivity (Wildman–Crippen MR) is 103 cm³/mol. The lowest BCUT2D eigenvalue weighted by atomic mass is 9.94. The summed E-state index contributed by atoms with van der Waals surface area (Å²) < 4.78 is 5.89. The molecule has 0 aromatic heterocycles. The van der Waals surface area contributed by atoms with Crippen LogP contribution in [0.2, 0.25) is 0 Å². The van der Waals surface area contributed by atoms with Gasteiger partial charge in [-0.15, -0.1) is 0 Å². The molecule has 1 saturated carbocycles. The second-order valence-corrected chi connectivity index (χ2v) is 7.84. The maximum atomic E-state index is 12.7. The molecule has 0 radical (unpaired) electrons. The van der Waals surface area contributed by atoms with Crippen LogP contribution in [-0.4, -0.2) is 33.7 Å². The number of thiocarbonyl (C=S) groups is 1. The van der Waals surface area contributed by atoms with Crippen LogP contribution < -0.4 is 10.5 Å². The number of nitrogens with two attached hydrogens (primary N) is 1. The topological polar surface area (TPSA) is 72.6 Å². The van der Waals surface area contributed by atoms with E-state index >= 15 is 0 Å². The lowest BCUT2D eigenvalue weighted by molar-refractivity contribution is -0.124. The first-order chi connectivity index (χ1) is 12.0. The van der Waals surface area contributed by atoms with Crippen LogP contribution in [0.4, 0.5) is 0 Å². The van der Waals surface area contributed by atoms with Gasteiger partial charge in [0.15, 0.2) is 6.61 Å². The van der Waals surface area contributed by atoms with Crippen molar-refractivity contribution in [1.29, 1.82) is 0 Å². The van der Waals surface area contributed by atoms with Crippen LogP contribution in [0.25, 0.3) is 6.08 Å². The third-order valence-corrected chi connectivity index (χ3v) is 5.65. The number of primary amides is 1. The average Bonchev–Trinajstić information content (AvgIpc) is 2.88. The molecule has 3 rings (SSSR count). The Balaban J connectivity index is 1.69. The Bertz CT molecular complexity index is 710. The largest absolute Gasteiger partial charge is 0.484 e. The zero-order valence-corrected chi connectivity index (χ0v) is 15.4. The number of rotatable bonds is 5. The molecular formula is C18H20N2O3S2. The molecule has 0 spiro atoms. The minimum absolute atomic E-state index is 0.0101. The first-order valence-electron chi connectivity index (χ1n) is 8.33. The summed E-state index contributed by atoms with van der Waals surface area (Å²) in [5, 5.41) is 0. The monoisotopic (exact) mass is 376 g/mol. The number of carbonyl (C=O) groups is 2. The highest BCUT2D eigenvalue weighted by atomic mass is 32.2. The summed E-state index contributed by atoms with van der Waals surface area (Å²) in [6.45, 7) is -0.153. The Labute approximate surface area is 156 Å². The van der Waals surface area contributed by atoms with E-state index in [2.05, 4.69) is 0 Å². The smallest absolute Gasteiger partial charge is 0.266 e. The van der Waals surface area contributed by atoms with Gasteiger partial charge >= 0.3 is 0 Å². The van der Waals surface area contributed by atoms with E-state index in [1.807, 2.05) is 18.2 Å². The number of benzene rings is 1. The van der Waals surface area contributed by atoms with E-state index in [-0.39, 0.29) is 18.6 Å². The molecular weight excluding hydrogens is 356 g/mol. The fourth-order valence-electron chi connectivity index (χ4n) is 3.10. The Hall–Kier alpha value is -1.86. The Morgan fingerprint density at radius 3 is 2.60 bits per heavy atom. The summed E-state index contributed by atoms with van der Waals surface area (Å²) in [7, 11) is 0. The van der Waals surface area contributed by atoms with Crippen LogP contribution in [0.15, 0.2) is 29.2 Å². The third kappa shape index (κ3) is 4.41. The summed E-state index contributed by atoms with van der Waals surface area (Å²) >= 11 is 6.80. The van der Waals surface area contributed by atoms with Gasteiger partial charge in [0.05, 0.1) is 4.91 Å². The van der Waals surface area contributed by atoms with E-state index < -0.39 is 5.91 Å². The number of carbonyl (C=O) groups excluding carboxylic acids is 2. The lowest BCUT2D eigenvalue weighted by Gasteiger charge is -2.29. The zero-order valence-electron chi connectivity index (χ0n) is 13.8. The lowest BCUT2D eigenvalue weighted by Crippen LogP contribution is -2.39. The van der Waals surface area contributed by atoms with Gasteiger partial charge in [0.25, 0.3) is 11.8 Å². The first kappa shape index (κ1) is 17.9. The number of ether oxygens (including phenoxy) is 1. The Kier molecular flexibility index (Phi) is 5.75. The number of hydrogen-bond acceptors (Lipinski definition) is 5. The van der Waals surface area contributed by atoms with Crippen molar-refractivity contribution in [3.63, 3.8) is 0 Å². The van der Waals surface area contributed by atoms with Crippen molar-refractivity contribution in [3.05, 3.63) is 34.7 Å². The average molecular weight is 377 g/mol. The van der Waals surface area contributed by atoms with Crippen molar-refractivity contribution < 1.29 is 14.3 Å². The molecule has 2 aliphatic rings. The highest BCUT2D eigenvalue weighted by Crippen LogP contribution is 2.37. The highest BCUT2D eigenvalue weighted by Gasteiger charge is 2.37. The third-order valence-electron chi connectivity index (χ3n) is 4.32. The van der Waals surface area contributed by atoms with E-state index in [1.54, 1.807) is 17.0 Å². The quantitative estimate of drug-likeness (QED) is 0.631. The molecule has 2 fully saturated rings. The summed E-state index contributed by atoms with van der Waals surface area (Å²) in [6.07, 6.45) is 7.48. The van der Waals surface area contributed by atoms with Crippen molar-refractivity contribution >= 4 is 46.2 Å². The SMILES string of the molecule is NC(=O)COc1ccc(C=C2SC(=S)N(C3CCCCC3)C2=O)cc1. The molecule has 1 aromatic carbocycles. The molecule has 1 saturated heterocycles. The van der Waals surface area contributed by atoms with Crippen LogP contribution >= 0.6 is 24.0 Å². The Morgan fingerprint density at radius 1 is 1.28 bits per heavy atom. The molecule has 7 heteroatoms. The zero-order chi connectivity index (χ0) is 17.8. The minimum Gasteiger partial charge on any atom is -0.484 e. The molecule has 1 heterocycles. The molecule has 0 atom stereocenters. The maximum Gasteiger partial charge on any atom is 0.266 e. The van der Waals surface area contributed by atoms with Crippen LogP contribution in [-0.2, 0) is 9.59 Å². The normalized spacial score (nSPS) is 20.3. The van der Waals surface area contributed by atoms with E-state index in [0.717, 1.165) is 31.2 Å². The fraction of sp³-hybridized carbons (Fsp3) is 0.389. The summed E-state index contributed by atoms with van der Waals surface area (Å²) in [5.41, 5.74) is 5.94. The predicted octanol–water partition coefficient (Wildman–Crippen LogP) is 3.08. The van der Waals surface area contributed by atoms with E-state index in [0.29, 0.717) is 15.0 Å². The summed E-state index contributed by atoms with van der Waals surface area (Å²) in [6, 6.07) is 7.41. The van der Waals surface area contributed by atoms with Gasteiger partial charge in [-0.1, -0.05) is 55.4 Å². The molecule has 2 amide bonds. The van der Waals surface area contributed by atoms with Crippen molar-refractivity contribution in [3.8, 4) is 5.75 Å². The van der Waals surface area contributed by atoms with Gasteiger partial charge in [-0.25, -0.2) is 0 Å². The second kappa shape index (κ2) is 8.01. The number of thioether (sulfide) groups is 1. The van der Waals surface area contributed by atoms with E-state index in [1.165, 1.54) is 18.2 Å². The molecule has 2 N–H and O–H groups in total. The first-order valence-corrected chi connectivity index (χ1v) is 9.55. The van der Waals surface area contributed by atoms with Crippen LogP contribution in [0.5, 0.6) is 5.75 Å².